The summed E-state index contributed by atoms with van der Waals surface area (Å²) in [5, 5.41) is 2.67. The number of rotatable bonds is 7. The van der Waals surface area contributed by atoms with E-state index in [9.17, 15) is 0 Å². The first-order valence-corrected chi connectivity index (χ1v) is 13.3. The third-order valence-corrected chi connectivity index (χ3v) is 7.69. The van der Waals surface area contributed by atoms with E-state index < -0.39 is 0 Å². The monoisotopic (exact) mass is 465 g/mol. The number of nitrogens with zero attached hydrogens (tertiary/aromatic N) is 1. The Hall–Kier alpha value is -2.80. The van der Waals surface area contributed by atoms with Gasteiger partial charge >= 0.3 is 0 Å². The van der Waals surface area contributed by atoms with Gasteiger partial charge in [0.05, 0.1) is 11.0 Å². The molecule has 1 nitrogen and oxygen atoms in total. The molecule has 0 radical (unpaired) electrons. The van der Waals surface area contributed by atoms with Crippen LogP contribution in [0.5, 0.6) is 0 Å². The standard InChI is InChI=1S/C34H43N/c1-9-34(7,8)27-18-20-30-29-19-17-26(33(4,5)6)22-31(29)35(32(30)23-27)28-16-12-15-25(21-28)14-11-10-13-24(2)3/h12-13,15-23H,9-11,14H2,1-8H3. The number of fused-ring (bicyclic) bond motifs is 3. The summed E-state index contributed by atoms with van der Waals surface area (Å²) in [7, 11) is 0. The van der Waals surface area contributed by atoms with Gasteiger partial charge in [-0.1, -0.05) is 89.6 Å². The molecule has 0 aliphatic carbocycles. The zero-order chi connectivity index (χ0) is 25.4. The largest absolute Gasteiger partial charge is 0.309 e. The van der Waals surface area contributed by atoms with Crippen LogP contribution in [0.4, 0.5) is 0 Å². The maximum absolute atomic E-state index is 2.51. The van der Waals surface area contributed by atoms with Crippen LogP contribution in [0.2, 0.25) is 0 Å². The van der Waals surface area contributed by atoms with Crippen molar-refractivity contribution in [1.29, 1.82) is 0 Å². The summed E-state index contributed by atoms with van der Waals surface area (Å²) in [5.41, 5.74) is 9.75. The molecule has 35 heavy (non-hydrogen) atoms. The zero-order valence-corrected chi connectivity index (χ0v) is 23.1. The van der Waals surface area contributed by atoms with Gasteiger partial charge in [-0.05, 0) is 91.3 Å². The van der Waals surface area contributed by atoms with Crippen LogP contribution in [-0.4, -0.2) is 4.57 Å². The van der Waals surface area contributed by atoms with E-state index in [1.807, 2.05) is 0 Å². The molecule has 0 N–H and O–H groups in total. The van der Waals surface area contributed by atoms with Gasteiger partial charge in [0.2, 0.25) is 0 Å². The summed E-state index contributed by atoms with van der Waals surface area (Å²) >= 11 is 0. The highest BCUT2D eigenvalue weighted by molar-refractivity contribution is 6.09. The van der Waals surface area contributed by atoms with Crippen molar-refractivity contribution in [3.05, 3.63) is 89.0 Å². The molecule has 0 amide bonds. The van der Waals surface area contributed by atoms with Gasteiger partial charge in [0, 0.05) is 16.5 Å². The molecular formula is C34H43N. The summed E-state index contributed by atoms with van der Waals surface area (Å²) in [6.07, 6.45) is 6.91. The van der Waals surface area contributed by atoms with E-state index in [1.54, 1.807) is 0 Å². The molecule has 0 saturated carbocycles. The minimum atomic E-state index is 0.109. The Morgan fingerprint density at radius 2 is 1.43 bits per heavy atom. The lowest BCUT2D eigenvalue weighted by Gasteiger charge is -2.23. The number of hydrogen-bond acceptors (Lipinski definition) is 0. The Morgan fingerprint density at radius 3 is 2.03 bits per heavy atom. The highest BCUT2D eigenvalue weighted by atomic mass is 15.0. The Morgan fingerprint density at radius 1 is 0.800 bits per heavy atom. The third-order valence-electron chi connectivity index (χ3n) is 7.69. The van der Waals surface area contributed by atoms with Crippen molar-refractivity contribution in [2.45, 2.75) is 91.9 Å². The molecule has 0 fully saturated rings. The molecular weight excluding hydrogens is 422 g/mol. The first-order chi connectivity index (χ1) is 16.5. The topological polar surface area (TPSA) is 4.93 Å². The van der Waals surface area contributed by atoms with Crippen molar-refractivity contribution in [3.63, 3.8) is 0 Å². The number of benzene rings is 3. The minimum absolute atomic E-state index is 0.109. The molecule has 0 unspecified atom stereocenters. The number of aryl methyl sites for hydroxylation is 1. The predicted octanol–water partition coefficient (Wildman–Crippen LogP) is 10.1. The van der Waals surface area contributed by atoms with Crippen LogP contribution in [0.3, 0.4) is 0 Å². The number of aromatic nitrogens is 1. The second-order valence-electron chi connectivity index (χ2n) is 12.1. The Bertz CT molecular complexity index is 1370. The van der Waals surface area contributed by atoms with Crippen LogP contribution < -0.4 is 0 Å². The molecule has 4 rings (SSSR count). The van der Waals surface area contributed by atoms with Gasteiger partial charge in [0.1, 0.15) is 0 Å². The first-order valence-electron chi connectivity index (χ1n) is 13.3. The lowest BCUT2D eigenvalue weighted by atomic mass is 9.82. The van der Waals surface area contributed by atoms with Crippen molar-refractivity contribution < 1.29 is 0 Å². The molecule has 184 valence electrons. The highest BCUT2D eigenvalue weighted by Crippen LogP contribution is 2.38. The van der Waals surface area contributed by atoms with E-state index in [2.05, 4.69) is 127 Å². The van der Waals surface area contributed by atoms with Crippen LogP contribution in [0, 0.1) is 0 Å². The summed E-state index contributed by atoms with van der Waals surface area (Å²) in [5.74, 6) is 0. The van der Waals surface area contributed by atoms with Crippen LogP contribution in [0.15, 0.2) is 72.3 Å². The average molecular weight is 466 g/mol. The van der Waals surface area contributed by atoms with E-state index in [0.717, 1.165) is 19.3 Å². The predicted molar refractivity (Wildman–Crippen MR) is 155 cm³/mol. The Balaban J connectivity index is 1.92. The van der Waals surface area contributed by atoms with Gasteiger partial charge in [-0.2, -0.15) is 0 Å². The second kappa shape index (κ2) is 9.69. The van der Waals surface area contributed by atoms with E-state index in [1.165, 1.54) is 56.2 Å². The van der Waals surface area contributed by atoms with Gasteiger partial charge in [0.25, 0.3) is 0 Å². The quantitative estimate of drug-likeness (QED) is 0.189. The SMILES string of the molecule is CCC(C)(C)c1ccc2c3ccc(C(C)(C)C)cc3n(-c3cccc(CCCC=C(C)C)c3)c2c1. The van der Waals surface area contributed by atoms with Crippen molar-refractivity contribution in [2.75, 3.05) is 0 Å². The number of unbranched alkanes of at least 4 members (excludes halogenated alkanes) is 1. The van der Waals surface area contributed by atoms with Gasteiger partial charge in [-0.25, -0.2) is 0 Å². The van der Waals surface area contributed by atoms with Crippen molar-refractivity contribution >= 4 is 21.8 Å². The molecule has 1 heteroatoms. The summed E-state index contributed by atoms with van der Waals surface area (Å²) < 4.78 is 2.51. The van der Waals surface area contributed by atoms with Gasteiger partial charge < -0.3 is 4.57 Å². The first kappa shape index (κ1) is 25.3. The lowest BCUT2D eigenvalue weighted by molar-refractivity contribution is 0.507. The molecule has 0 aliphatic heterocycles. The molecule has 0 bridgehead atoms. The van der Waals surface area contributed by atoms with Crippen molar-refractivity contribution in [1.82, 2.24) is 4.57 Å². The van der Waals surface area contributed by atoms with Gasteiger partial charge in [-0.3, -0.25) is 0 Å². The van der Waals surface area contributed by atoms with E-state index in [0.29, 0.717) is 0 Å². The zero-order valence-electron chi connectivity index (χ0n) is 23.1. The van der Waals surface area contributed by atoms with Crippen LogP contribution in [0.1, 0.15) is 91.3 Å². The molecule has 0 aliphatic rings. The fraction of sp³-hybridized carbons (Fsp3) is 0.412. The molecule has 0 saturated heterocycles. The van der Waals surface area contributed by atoms with E-state index in [-0.39, 0.29) is 10.8 Å². The van der Waals surface area contributed by atoms with Crippen LogP contribution >= 0.6 is 0 Å². The molecule has 0 atom stereocenters. The molecule has 1 aromatic heterocycles. The fourth-order valence-corrected chi connectivity index (χ4v) is 4.94. The Labute approximate surface area is 212 Å². The maximum atomic E-state index is 2.51. The summed E-state index contributed by atoms with van der Waals surface area (Å²) in [6, 6.07) is 23.4. The molecule has 3 aromatic carbocycles. The van der Waals surface area contributed by atoms with Crippen molar-refractivity contribution in [3.8, 4) is 5.69 Å². The molecule has 1 heterocycles. The normalized spacial score (nSPS) is 12.5. The van der Waals surface area contributed by atoms with E-state index in [4.69, 9.17) is 0 Å². The lowest BCUT2D eigenvalue weighted by Crippen LogP contribution is -2.15. The molecule has 4 aromatic rings. The average Bonchev–Trinajstić information content (AvgIpc) is 3.14. The second-order valence-corrected chi connectivity index (χ2v) is 12.1. The van der Waals surface area contributed by atoms with Gasteiger partial charge in [-0.15, -0.1) is 0 Å². The Kier molecular flexibility index (Phi) is 7.00. The fourth-order valence-electron chi connectivity index (χ4n) is 4.94. The van der Waals surface area contributed by atoms with Crippen molar-refractivity contribution in [2.24, 2.45) is 0 Å². The summed E-state index contributed by atoms with van der Waals surface area (Å²) in [6.45, 7) is 18.3. The van der Waals surface area contributed by atoms with Crippen LogP contribution in [-0.2, 0) is 17.3 Å². The summed E-state index contributed by atoms with van der Waals surface area (Å²) in [4.78, 5) is 0. The smallest absolute Gasteiger partial charge is 0.0544 e. The number of hydrogen-bond donors (Lipinski definition) is 0. The highest BCUT2D eigenvalue weighted by Gasteiger charge is 2.22. The maximum Gasteiger partial charge on any atom is 0.0544 e. The minimum Gasteiger partial charge on any atom is -0.309 e. The number of allylic oxidation sites excluding steroid dienone is 2. The van der Waals surface area contributed by atoms with E-state index >= 15 is 0 Å². The third kappa shape index (κ3) is 5.25. The van der Waals surface area contributed by atoms with Gasteiger partial charge in [0.15, 0.2) is 0 Å². The van der Waals surface area contributed by atoms with Crippen LogP contribution in [0.25, 0.3) is 27.5 Å². The molecule has 0 spiro atoms.